The quantitative estimate of drug-likeness (QED) is 0.791. The molecule has 0 radical (unpaired) electrons. The van der Waals surface area contributed by atoms with Crippen molar-refractivity contribution in [2.75, 3.05) is 12.3 Å². The van der Waals surface area contributed by atoms with Crippen LogP contribution in [-0.2, 0) is 6.42 Å². The third-order valence-corrected chi connectivity index (χ3v) is 5.16. The van der Waals surface area contributed by atoms with Crippen LogP contribution in [0.4, 0.5) is 0 Å². The Morgan fingerprint density at radius 1 is 1.32 bits per heavy atom. The Balaban J connectivity index is 1.99. The fourth-order valence-corrected chi connectivity index (χ4v) is 4.35. The van der Waals surface area contributed by atoms with Gasteiger partial charge in [0, 0.05) is 11.3 Å². The molecular formula is C17H27NS. The Morgan fingerprint density at radius 3 is 2.84 bits per heavy atom. The Bertz CT molecular complexity index is 389. The van der Waals surface area contributed by atoms with Crippen molar-refractivity contribution in [3.63, 3.8) is 0 Å². The summed E-state index contributed by atoms with van der Waals surface area (Å²) in [6, 6.07) is 9.54. The molecule has 1 aliphatic rings. The van der Waals surface area contributed by atoms with E-state index < -0.39 is 0 Å². The van der Waals surface area contributed by atoms with Gasteiger partial charge in [-0.05, 0) is 48.6 Å². The van der Waals surface area contributed by atoms with E-state index in [0.717, 1.165) is 17.7 Å². The van der Waals surface area contributed by atoms with Crippen molar-refractivity contribution in [1.29, 1.82) is 0 Å². The first-order valence-corrected chi connectivity index (χ1v) is 8.70. The first kappa shape index (κ1) is 14.9. The van der Waals surface area contributed by atoms with E-state index in [1.54, 1.807) is 5.56 Å². The van der Waals surface area contributed by atoms with Crippen LogP contribution in [0.3, 0.4) is 0 Å². The summed E-state index contributed by atoms with van der Waals surface area (Å²) in [6.07, 6.45) is 3.78. The average Bonchev–Trinajstić information content (AvgIpc) is 2.74. The molecule has 2 heteroatoms. The molecule has 0 bridgehead atoms. The average molecular weight is 277 g/mol. The van der Waals surface area contributed by atoms with E-state index in [-0.39, 0.29) is 0 Å². The molecule has 0 amide bonds. The molecule has 0 spiro atoms. The van der Waals surface area contributed by atoms with Gasteiger partial charge in [0.25, 0.3) is 0 Å². The summed E-state index contributed by atoms with van der Waals surface area (Å²) >= 11 is 2.16. The summed E-state index contributed by atoms with van der Waals surface area (Å²) in [5.74, 6) is 2.11. The molecule has 19 heavy (non-hydrogen) atoms. The molecule has 1 aliphatic carbocycles. The van der Waals surface area contributed by atoms with Gasteiger partial charge < -0.3 is 5.32 Å². The van der Waals surface area contributed by atoms with Crippen LogP contribution in [0.15, 0.2) is 24.3 Å². The maximum absolute atomic E-state index is 3.75. The lowest BCUT2D eigenvalue weighted by Gasteiger charge is -2.22. The van der Waals surface area contributed by atoms with Crippen LogP contribution < -0.4 is 5.32 Å². The van der Waals surface area contributed by atoms with Gasteiger partial charge in [-0.2, -0.15) is 11.8 Å². The maximum atomic E-state index is 3.75. The van der Waals surface area contributed by atoms with Crippen LogP contribution in [0.2, 0.25) is 0 Å². The molecule has 2 unspecified atom stereocenters. The van der Waals surface area contributed by atoms with Gasteiger partial charge in [0.1, 0.15) is 0 Å². The summed E-state index contributed by atoms with van der Waals surface area (Å²) in [7, 11) is 0. The Hall–Kier alpha value is -0.470. The van der Waals surface area contributed by atoms with Gasteiger partial charge in [-0.3, -0.25) is 0 Å². The molecular weight excluding hydrogens is 250 g/mol. The fraction of sp³-hybridized carbons (Fsp3) is 0.647. The van der Waals surface area contributed by atoms with Gasteiger partial charge in [0.05, 0.1) is 0 Å². The minimum atomic E-state index is 0.563. The molecule has 1 aromatic carbocycles. The lowest BCUT2D eigenvalue weighted by atomic mass is 10.1. The highest BCUT2D eigenvalue weighted by atomic mass is 32.2. The number of nitrogens with one attached hydrogen (secondary N) is 1. The highest BCUT2D eigenvalue weighted by Gasteiger charge is 2.31. The van der Waals surface area contributed by atoms with Crippen LogP contribution in [0, 0.1) is 5.92 Å². The number of hydrogen-bond donors (Lipinski definition) is 1. The first-order valence-electron chi connectivity index (χ1n) is 7.65. The van der Waals surface area contributed by atoms with Crippen molar-refractivity contribution in [3.05, 3.63) is 35.4 Å². The molecule has 2 rings (SSSR count). The van der Waals surface area contributed by atoms with Gasteiger partial charge in [0.2, 0.25) is 0 Å². The lowest BCUT2D eigenvalue weighted by molar-refractivity contribution is 0.537. The molecule has 0 heterocycles. The van der Waals surface area contributed by atoms with Crippen LogP contribution in [-0.4, -0.2) is 17.5 Å². The van der Waals surface area contributed by atoms with E-state index in [9.17, 15) is 0 Å². The molecule has 0 aromatic heterocycles. The molecule has 0 saturated carbocycles. The number of hydrogen-bond acceptors (Lipinski definition) is 2. The third kappa shape index (κ3) is 4.00. The normalized spacial score (nSPS) is 21.9. The zero-order valence-corrected chi connectivity index (χ0v) is 13.3. The van der Waals surface area contributed by atoms with Crippen molar-refractivity contribution in [2.24, 2.45) is 5.92 Å². The maximum Gasteiger partial charge on any atom is 0.0446 e. The van der Waals surface area contributed by atoms with Gasteiger partial charge in [-0.1, -0.05) is 45.0 Å². The van der Waals surface area contributed by atoms with E-state index in [1.165, 1.54) is 30.6 Å². The Labute approximate surface area is 122 Å². The van der Waals surface area contributed by atoms with Crippen molar-refractivity contribution in [2.45, 2.75) is 51.3 Å². The fourth-order valence-electron chi connectivity index (χ4n) is 2.71. The summed E-state index contributed by atoms with van der Waals surface area (Å²) in [5, 5.41) is 4.48. The van der Waals surface area contributed by atoms with Crippen LogP contribution >= 0.6 is 11.8 Å². The zero-order valence-electron chi connectivity index (χ0n) is 12.5. The molecule has 1 N–H and O–H groups in total. The lowest BCUT2D eigenvalue weighted by Crippen LogP contribution is -2.28. The second kappa shape index (κ2) is 7.35. The molecule has 1 nitrogen and oxygen atoms in total. The van der Waals surface area contributed by atoms with E-state index in [2.05, 4.69) is 62.1 Å². The number of fused-ring (bicyclic) bond motifs is 1. The summed E-state index contributed by atoms with van der Waals surface area (Å²) < 4.78 is 0. The Kier molecular flexibility index (Phi) is 5.77. The second-order valence-electron chi connectivity index (χ2n) is 5.93. The summed E-state index contributed by atoms with van der Waals surface area (Å²) in [6.45, 7) is 8.00. The molecule has 0 fully saturated rings. The number of benzene rings is 1. The van der Waals surface area contributed by atoms with Gasteiger partial charge in [-0.25, -0.2) is 0 Å². The van der Waals surface area contributed by atoms with Crippen molar-refractivity contribution < 1.29 is 0 Å². The van der Waals surface area contributed by atoms with E-state index in [0.29, 0.717) is 6.04 Å². The predicted octanol–water partition coefficient (Wildman–Crippen LogP) is 4.43. The highest BCUT2D eigenvalue weighted by molar-refractivity contribution is 7.99. The van der Waals surface area contributed by atoms with Crippen molar-refractivity contribution >= 4 is 11.8 Å². The molecule has 1 aromatic rings. The van der Waals surface area contributed by atoms with E-state index >= 15 is 0 Å². The van der Waals surface area contributed by atoms with Crippen molar-refractivity contribution in [1.82, 2.24) is 5.32 Å². The predicted molar refractivity (Wildman–Crippen MR) is 86.9 cm³/mol. The van der Waals surface area contributed by atoms with E-state index in [1.807, 2.05) is 0 Å². The summed E-state index contributed by atoms with van der Waals surface area (Å²) in [5.41, 5.74) is 3.09. The van der Waals surface area contributed by atoms with Crippen molar-refractivity contribution in [3.8, 4) is 0 Å². The van der Waals surface area contributed by atoms with E-state index in [4.69, 9.17) is 0 Å². The first-order chi connectivity index (χ1) is 9.22. The Morgan fingerprint density at radius 2 is 2.11 bits per heavy atom. The van der Waals surface area contributed by atoms with Crippen LogP contribution in [0.25, 0.3) is 0 Å². The number of rotatable bonds is 7. The topological polar surface area (TPSA) is 12.0 Å². The van der Waals surface area contributed by atoms with Gasteiger partial charge in [0.15, 0.2) is 0 Å². The summed E-state index contributed by atoms with van der Waals surface area (Å²) in [4.78, 5) is 0. The molecule has 2 atom stereocenters. The smallest absolute Gasteiger partial charge is 0.0446 e. The molecule has 0 saturated heterocycles. The third-order valence-electron chi connectivity index (χ3n) is 3.82. The standard InChI is InChI=1S/C17H27NS/c1-4-10-18-17-15-8-6-5-7-14(15)12-16(17)19-11-9-13(2)3/h5-8,13,16-18H,4,9-12H2,1-3H3. The largest absolute Gasteiger partial charge is 0.309 e. The molecule has 0 aliphatic heterocycles. The molecule has 106 valence electrons. The van der Waals surface area contributed by atoms with Crippen LogP contribution in [0.5, 0.6) is 0 Å². The monoisotopic (exact) mass is 277 g/mol. The highest BCUT2D eigenvalue weighted by Crippen LogP contribution is 2.38. The van der Waals surface area contributed by atoms with Gasteiger partial charge >= 0.3 is 0 Å². The van der Waals surface area contributed by atoms with Crippen LogP contribution in [0.1, 0.15) is 50.8 Å². The second-order valence-corrected chi connectivity index (χ2v) is 7.27. The SMILES string of the molecule is CCCNC1c2ccccc2CC1SCCC(C)C. The minimum absolute atomic E-state index is 0.563. The number of thioether (sulfide) groups is 1. The van der Waals surface area contributed by atoms with Gasteiger partial charge in [-0.15, -0.1) is 0 Å². The minimum Gasteiger partial charge on any atom is -0.309 e. The zero-order chi connectivity index (χ0) is 13.7.